The second kappa shape index (κ2) is 12.5. The summed E-state index contributed by atoms with van der Waals surface area (Å²) in [7, 11) is 0. The minimum Gasteiger partial charge on any atom is -0.481 e. The summed E-state index contributed by atoms with van der Waals surface area (Å²) in [5, 5.41) is 11.5. The number of carboxylic acids is 1. The van der Waals surface area contributed by atoms with E-state index < -0.39 is 5.97 Å². The lowest BCUT2D eigenvalue weighted by Crippen LogP contribution is -2.34. The van der Waals surface area contributed by atoms with Gasteiger partial charge in [0.25, 0.3) is 0 Å². The smallest absolute Gasteiger partial charge is 0.303 e. The number of nitrogens with one attached hydrogen (secondary N) is 1. The molecule has 0 bridgehead atoms. The van der Waals surface area contributed by atoms with E-state index in [0.717, 1.165) is 24.8 Å². The lowest BCUT2D eigenvalue weighted by molar-refractivity contribution is -0.137. The summed E-state index contributed by atoms with van der Waals surface area (Å²) in [4.78, 5) is 34.1. The maximum absolute atomic E-state index is 12.4. The van der Waals surface area contributed by atoms with Gasteiger partial charge in [-0.05, 0) is 24.8 Å². The van der Waals surface area contributed by atoms with Crippen LogP contribution in [0.1, 0.15) is 44.6 Å². The van der Waals surface area contributed by atoms with Crippen LogP contribution < -0.4 is 5.32 Å². The summed E-state index contributed by atoms with van der Waals surface area (Å²) < 4.78 is 0. The van der Waals surface area contributed by atoms with Gasteiger partial charge in [-0.1, -0.05) is 54.9 Å². The standard InChI is InChI=1S/C19H27NO4S/c1-15(21)25-14-17(13-16-9-5-4-6-10-16)19(24)20-12-8-3-2-7-11-18(22)23/h4-6,9-10,17H,2-3,7-8,11-14H2,1H3,(H,20,24)(H,22,23). The predicted molar refractivity (Wildman–Crippen MR) is 101 cm³/mol. The maximum atomic E-state index is 12.4. The highest BCUT2D eigenvalue weighted by Crippen LogP contribution is 2.16. The first-order valence-corrected chi connectivity index (χ1v) is 9.64. The number of carbonyl (C=O) groups excluding carboxylic acids is 2. The number of hydrogen-bond donors (Lipinski definition) is 2. The van der Waals surface area contributed by atoms with E-state index in [0.29, 0.717) is 25.1 Å². The van der Waals surface area contributed by atoms with Gasteiger partial charge in [-0.25, -0.2) is 0 Å². The molecule has 0 aliphatic rings. The molecular formula is C19H27NO4S. The summed E-state index contributed by atoms with van der Waals surface area (Å²) in [6.07, 6.45) is 4.09. The van der Waals surface area contributed by atoms with E-state index in [1.165, 1.54) is 18.7 Å². The minimum atomic E-state index is -0.764. The topological polar surface area (TPSA) is 83.5 Å². The highest BCUT2D eigenvalue weighted by Gasteiger charge is 2.19. The van der Waals surface area contributed by atoms with E-state index in [-0.39, 0.29) is 23.4 Å². The Hall–Kier alpha value is -1.82. The number of rotatable bonds is 12. The van der Waals surface area contributed by atoms with Gasteiger partial charge in [-0.3, -0.25) is 14.4 Å². The molecule has 6 heteroatoms. The lowest BCUT2D eigenvalue weighted by Gasteiger charge is -2.16. The molecular weight excluding hydrogens is 338 g/mol. The first-order valence-electron chi connectivity index (χ1n) is 8.66. The second-order valence-electron chi connectivity index (χ2n) is 6.04. The van der Waals surface area contributed by atoms with Crippen LogP contribution in [0.25, 0.3) is 0 Å². The SMILES string of the molecule is CC(=O)SCC(Cc1ccccc1)C(=O)NCCCCCCC(=O)O. The fourth-order valence-electron chi connectivity index (χ4n) is 2.45. The zero-order chi connectivity index (χ0) is 18.5. The monoisotopic (exact) mass is 365 g/mol. The molecule has 25 heavy (non-hydrogen) atoms. The molecule has 1 aromatic carbocycles. The number of thioether (sulfide) groups is 1. The fraction of sp³-hybridized carbons (Fsp3) is 0.526. The van der Waals surface area contributed by atoms with Crippen molar-refractivity contribution in [2.45, 2.75) is 45.4 Å². The van der Waals surface area contributed by atoms with Crippen molar-refractivity contribution in [3.8, 4) is 0 Å². The van der Waals surface area contributed by atoms with Crippen molar-refractivity contribution in [1.82, 2.24) is 5.32 Å². The Morgan fingerprint density at radius 2 is 1.76 bits per heavy atom. The van der Waals surface area contributed by atoms with E-state index in [1.54, 1.807) is 0 Å². The third-order valence-electron chi connectivity index (χ3n) is 3.80. The molecule has 0 spiro atoms. The normalized spacial score (nSPS) is 11.7. The Morgan fingerprint density at radius 1 is 1.08 bits per heavy atom. The third-order valence-corrected chi connectivity index (χ3v) is 4.78. The van der Waals surface area contributed by atoms with Gasteiger partial charge >= 0.3 is 5.97 Å². The Morgan fingerprint density at radius 3 is 2.40 bits per heavy atom. The molecule has 1 aromatic rings. The molecule has 0 aliphatic carbocycles. The van der Waals surface area contributed by atoms with E-state index in [9.17, 15) is 14.4 Å². The van der Waals surface area contributed by atoms with Crippen LogP contribution in [0.15, 0.2) is 30.3 Å². The van der Waals surface area contributed by atoms with Crippen molar-refractivity contribution >= 4 is 28.8 Å². The van der Waals surface area contributed by atoms with Crippen molar-refractivity contribution in [2.24, 2.45) is 5.92 Å². The van der Waals surface area contributed by atoms with Gasteiger partial charge in [0.15, 0.2) is 5.12 Å². The molecule has 0 saturated heterocycles. The third kappa shape index (κ3) is 10.6. The maximum Gasteiger partial charge on any atom is 0.303 e. The van der Waals surface area contributed by atoms with Crippen LogP contribution >= 0.6 is 11.8 Å². The van der Waals surface area contributed by atoms with Crippen LogP contribution in [0, 0.1) is 5.92 Å². The lowest BCUT2D eigenvalue weighted by atomic mass is 10.00. The van der Waals surface area contributed by atoms with Crippen molar-refractivity contribution in [1.29, 1.82) is 0 Å². The molecule has 138 valence electrons. The van der Waals surface area contributed by atoms with Crippen LogP contribution in [0.4, 0.5) is 0 Å². The number of benzene rings is 1. The molecule has 1 rings (SSSR count). The Bertz CT molecular complexity index is 548. The molecule has 1 amide bonds. The first kappa shape index (κ1) is 21.2. The van der Waals surface area contributed by atoms with Gasteiger partial charge < -0.3 is 10.4 Å². The molecule has 0 aromatic heterocycles. The van der Waals surface area contributed by atoms with Gasteiger partial charge in [0, 0.05) is 25.6 Å². The highest BCUT2D eigenvalue weighted by atomic mass is 32.2. The number of aliphatic carboxylic acids is 1. The van der Waals surface area contributed by atoms with Crippen LogP contribution in [0.3, 0.4) is 0 Å². The Labute approximate surface area is 153 Å². The Balaban J connectivity index is 2.36. The fourth-order valence-corrected chi connectivity index (χ4v) is 3.16. The molecule has 0 heterocycles. The van der Waals surface area contributed by atoms with Crippen molar-refractivity contribution in [3.05, 3.63) is 35.9 Å². The van der Waals surface area contributed by atoms with Gasteiger partial charge in [-0.2, -0.15) is 0 Å². The average Bonchev–Trinajstić information content (AvgIpc) is 2.58. The largest absolute Gasteiger partial charge is 0.481 e. The van der Waals surface area contributed by atoms with E-state index in [4.69, 9.17) is 5.11 Å². The van der Waals surface area contributed by atoms with Gasteiger partial charge in [0.1, 0.15) is 0 Å². The van der Waals surface area contributed by atoms with Crippen LogP contribution in [0.2, 0.25) is 0 Å². The van der Waals surface area contributed by atoms with E-state index in [1.807, 2.05) is 30.3 Å². The van der Waals surface area contributed by atoms with Gasteiger partial charge in [-0.15, -0.1) is 0 Å². The van der Waals surface area contributed by atoms with Gasteiger partial charge in [0.05, 0.1) is 5.92 Å². The number of hydrogen-bond acceptors (Lipinski definition) is 4. The highest BCUT2D eigenvalue weighted by molar-refractivity contribution is 8.13. The molecule has 1 atom stereocenters. The van der Waals surface area contributed by atoms with E-state index in [2.05, 4.69) is 5.32 Å². The van der Waals surface area contributed by atoms with Crippen LogP contribution in [-0.4, -0.2) is 34.4 Å². The zero-order valence-electron chi connectivity index (χ0n) is 14.7. The summed E-state index contributed by atoms with van der Waals surface area (Å²) in [5.74, 6) is -0.541. The second-order valence-corrected chi connectivity index (χ2v) is 7.24. The number of unbranched alkanes of at least 4 members (excludes halogenated alkanes) is 3. The first-order chi connectivity index (χ1) is 12.0. The predicted octanol–water partition coefficient (Wildman–Crippen LogP) is 3.28. The molecule has 0 fully saturated rings. The summed E-state index contributed by atoms with van der Waals surface area (Å²) in [5.41, 5.74) is 1.08. The molecule has 5 nitrogen and oxygen atoms in total. The average molecular weight is 365 g/mol. The molecule has 1 unspecified atom stereocenters. The van der Waals surface area contributed by atoms with Crippen LogP contribution in [0.5, 0.6) is 0 Å². The van der Waals surface area contributed by atoms with Crippen molar-refractivity contribution in [2.75, 3.05) is 12.3 Å². The Kier molecular flexibility index (Phi) is 10.6. The molecule has 2 N–H and O–H groups in total. The zero-order valence-corrected chi connectivity index (χ0v) is 15.5. The quantitative estimate of drug-likeness (QED) is 0.555. The summed E-state index contributed by atoms with van der Waals surface area (Å²) in [6, 6.07) is 9.80. The molecule has 0 aliphatic heterocycles. The van der Waals surface area contributed by atoms with Crippen LogP contribution in [-0.2, 0) is 20.8 Å². The summed E-state index contributed by atoms with van der Waals surface area (Å²) >= 11 is 1.18. The minimum absolute atomic E-state index is 0.0179. The van der Waals surface area contributed by atoms with Gasteiger partial charge in [0.2, 0.25) is 5.91 Å². The number of amides is 1. The van der Waals surface area contributed by atoms with Crippen molar-refractivity contribution < 1.29 is 19.5 Å². The van der Waals surface area contributed by atoms with E-state index >= 15 is 0 Å². The van der Waals surface area contributed by atoms with Crippen molar-refractivity contribution in [3.63, 3.8) is 0 Å². The number of carboxylic acid groups (broad SMARTS) is 1. The molecule has 0 radical (unpaired) electrons. The summed E-state index contributed by atoms with van der Waals surface area (Å²) in [6.45, 7) is 2.10. The molecule has 0 saturated carbocycles. The number of carbonyl (C=O) groups is 3.